The van der Waals surface area contributed by atoms with Crippen molar-refractivity contribution in [1.29, 1.82) is 0 Å². The standard InChI is InChI=1S/C22H24F5N7O3/c23-21(24)8-12(21)9-37-20-32-15(19(36)30-10-22(25,26)27)7-16(33-20)34-5-3-11(4-6-34)14-2-1-13(28)17(31-14)18(29)35/h1-2,7,11-12H,3-6,8-10,28H2,(H2,29,35)(H,30,36). The van der Waals surface area contributed by atoms with E-state index in [1.807, 2.05) is 0 Å². The Morgan fingerprint density at radius 1 is 1.16 bits per heavy atom. The van der Waals surface area contributed by atoms with Gasteiger partial charge in [0.25, 0.3) is 17.7 Å². The summed E-state index contributed by atoms with van der Waals surface area (Å²) in [5.74, 6) is -5.56. The van der Waals surface area contributed by atoms with Crippen LogP contribution in [0.5, 0.6) is 6.01 Å². The van der Waals surface area contributed by atoms with Crippen molar-refractivity contribution in [3.05, 3.63) is 35.3 Å². The van der Waals surface area contributed by atoms with Crippen LogP contribution in [0.25, 0.3) is 0 Å². The SMILES string of the molecule is NC(=O)c1nc(C2CCN(c3cc(C(=O)NCC(F)(F)F)nc(OCC4CC4(F)F)n3)CC2)ccc1N. The minimum absolute atomic E-state index is 0.0201. The first-order chi connectivity index (χ1) is 17.3. The third-order valence-corrected chi connectivity index (χ3v) is 6.16. The van der Waals surface area contributed by atoms with Gasteiger partial charge in [0.15, 0.2) is 5.69 Å². The van der Waals surface area contributed by atoms with E-state index in [0.29, 0.717) is 31.6 Å². The van der Waals surface area contributed by atoms with Gasteiger partial charge in [0.05, 0.1) is 11.6 Å². The molecule has 10 nitrogen and oxygen atoms in total. The molecular formula is C22H24F5N7O3. The molecule has 5 N–H and O–H groups in total. The zero-order valence-corrected chi connectivity index (χ0v) is 19.4. The van der Waals surface area contributed by atoms with Crippen LogP contribution in [0.15, 0.2) is 18.2 Å². The van der Waals surface area contributed by atoms with Crippen molar-refractivity contribution in [3.8, 4) is 6.01 Å². The number of rotatable bonds is 8. The zero-order valence-electron chi connectivity index (χ0n) is 19.4. The number of nitrogens with zero attached hydrogens (tertiary/aromatic N) is 4. The number of halogens is 5. The maximum Gasteiger partial charge on any atom is 0.405 e. The highest BCUT2D eigenvalue weighted by atomic mass is 19.4. The number of amides is 2. The van der Waals surface area contributed by atoms with Gasteiger partial charge in [-0.15, -0.1) is 0 Å². The van der Waals surface area contributed by atoms with Crippen LogP contribution in [0, 0.1) is 5.92 Å². The summed E-state index contributed by atoms with van der Waals surface area (Å²) in [7, 11) is 0. The molecule has 0 radical (unpaired) electrons. The Morgan fingerprint density at radius 3 is 2.43 bits per heavy atom. The molecule has 1 unspecified atom stereocenters. The summed E-state index contributed by atoms with van der Waals surface area (Å²) in [4.78, 5) is 37.9. The van der Waals surface area contributed by atoms with Gasteiger partial charge in [-0.05, 0) is 25.0 Å². The number of alkyl halides is 5. The van der Waals surface area contributed by atoms with Crippen molar-refractivity contribution < 1.29 is 36.3 Å². The number of hydrogen-bond acceptors (Lipinski definition) is 8. The number of nitrogens with one attached hydrogen (secondary N) is 1. The first-order valence-corrected chi connectivity index (χ1v) is 11.4. The molecule has 1 aliphatic carbocycles. The molecule has 1 saturated carbocycles. The molecule has 2 aliphatic rings. The molecule has 2 fully saturated rings. The molecule has 0 bridgehead atoms. The molecule has 3 heterocycles. The molecule has 2 aromatic heterocycles. The van der Waals surface area contributed by atoms with E-state index in [1.54, 1.807) is 22.3 Å². The van der Waals surface area contributed by atoms with E-state index in [9.17, 15) is 31.5 Å². The molecule has 0 spiro atoms. The Labute approximate surface area is 207 Å². The van der Waals surface area contributed by atoms with Crippen LogP contribution in [0.2, 0.25) is 0 Å². The van der Waals surface area contributed by atoms with Crippen molar-refractivity contribution in [3.63, 3.8) is 0 Å². The number of nitrogen functional groups attached to an aromatic ring is 1. The van der Waals surface area contributed by atoms with E-state index in [1.165, 1.54) is 6.07 Å². The highest BCUT2D eigenvalue weighted by Gasteiger charge is 2.57. The van der Waals surface area contributed by atoms with Crippen LogP contribution in [0.1, 0.15) is 51.9 Å². The smallest absolute Gasteiger partial charge is 0.405 e. The van der Waals surface area contributed by atoms with Gasteiger partial charge in [-0.2, -0.15) is 23.1 Å². The number of carbonyl (C=O) groups is 2. The Hall–Kier alpha value is -3.78. The normalized spacial score (nSPS) is 19.4. The second kappa shape index (κ2) is 9.94. The highest BCUT2D eigenvalue weighted by molar-refractivity contribution is 5.95. The Bertz CT molecular complexity index is 1190. The van der Waals surface area contributed by atoms with Crippen molar-refractivity contribution >= 4 is 23.3 Å². The van der Waals surface area contributed by atoms with Gasteiger partial charge in [0.1, 0.15) is 24.7 Å². The van der Waals surface area contributed by atoms with Crippen molar-refractivity contribution in [2.75, 3.05) is 36.9 Å². The number of primary amides is 1. The van der Waals surface area contributed by atoms with E-state index in [-0.39, 0.29) is 41.2 Å². The third-order valence-electron chi connectivity index (χ3n) is 6.16. The molecule has 0 aromatic carbocycles. The summed E-state index contributed by atoms with van der Waals surface area (Å²) in [5, 5.41) is 1.73. The number of carbonyl (C=O) groups excluding carboxylic acids is 2. The predicted octanol–water partition coefficient (Wildman–Crippen LogP) is 2.26. The summed E-state index contributed by atoms with van der Waals surface area (Å²) >= 11 is 0. The Morgan fingerprint density at radius 2 is 1.84 bits per heavy atom. The molecule has 1 aliphatic heterocycles. The first-order valence-electron chi connectivity index (χ1n) is 11.4. The average Bonchev–Trinajstić information content (AvgIpc) is 3.47. The molecule has 1 saturated heterocycles. The first kappa shape index (κ1) is 26.3. The molecule has 37 heavy (non-hydrogen) atoms. The van der Waals surface area contributed by atoms with Gasteiger partial charge in [-0.25, -0.2) is 13.8 Å². The summed E-state index contributed by atoms with van der Waals surface area (Å²) in [6.45, 7) is -1.15. The lowest BCUT2D eigenvalue weighted by Gasteiger charge is -2.32. The highest BCUT2D eigenvalue weighted by Crippen LogP contribution is 2.48. The lowest BCUT2D eigenvalue weighted by Crippen LogP contribution is -2.36. The Kier molecular flexibility index (Phi) is 7.06. The van der Waals surface area contributed by atoms with Gasteiger partial charge in [0, 0.05) is 37.2 Å². The molecule has 4 rings (SSSR count). The number of pyridine rings is 1. The van der Waals surface area contributed by atoms with Crippen LogP contribution >= 0.6 is 0 Å². The molecule has 2 amide bonds. The average molecular weight is 529 g/mol. The van der Waals surface area contributed by atoms with Gasteiger partial charge in [-0.1, -0.05) is 0 Å². The number of aromatic nitrogens is 3. The number of ether oxygens (including phenoxy) is 1. The fraction of sp³-hybridized carbons (Fsp3) is 0.500. The fourth-order valence-corrected chi connectivity index (χ4v) is 3.97. The molecule has 2 aromatic rings. The van der Waals surface area contributed by atoms with Crippen LogP contribution in [-0.4, -0.2) is 65.1 Å². The topological polar surface area (TPSA) is 149 Å². The monoisotopic (exact) mass is 529 g/mol. The second-order valence-electron chi connectivity index (χ2n) is 8.96. The zero-order chi connectivity index (χ0) is 27.0. The number of piperidine rings is 1. The van der Waals surface area contributed by atoms with Crippen LogP contribution < -0.4 is 26.4 Å². The largest absolute Gasteiger partial charge is 0.463 e. The Balaban J connectivity index is 1.49. The fourth-order valence-electron chi connectivity index (χ4n) is 3.97. The number of anilines is 2. The van der Waals surface area contributed by atoms with Gasteiger partial charge in [0.2, 0.25) is 0 Å². The maximum atomic E-state index is 13.2. The van der Waals surface area contributed by atoms with E-state index in [0.717, 1.165) is 0 Å². The molecule has 1 atom stereocenters. The van der Waals surface area contributed by atoms with Crippen molar-refractivity contribution in [2.45, 2.75) is 37.3 Å². The van der Waals surface area contributed by atoms with Crippen LogP contribution in [-0.2, 0) is 0 Å². The summed E-state index contributed by atoms with van der Waals surface area (Å²) in [6, 6.07) is 4.09. The van der Waals surface area contributed by atoms with Gasteiger partial charge < -0.3 is 26.4 Å². The minimum atomic E-state index is -4.63. The predicted molar refractivity (Wildman–Crippen MR) is 120 cm³/mol. The maximum absolute atomic E-state index is 13.2. The third kappa shape index (κ3) is 6.51. The van der Waals surface area contributed by atoms with Crippen molar-refractivity contribution in [1.82, 2.24) is 20.3 Å². The minimum Gasteiger partial charge on any atom is -0.463 e. The lowest BCUT2D eigenvalue weighted by molar-refractivity contribution is -0.123. The van der Waals surface area contributed by atoms with Crippen molar-refractivity contribution in [2.24, 2.45) is 11.7 Å². The van der Waals surface area contributed by atoms with E-state index in [2.05, 4.69) is 15.0 Å². The lowest BCUT2D eigenvalue weighted by atomic mass is 9.92. The molecular weight excluding hydrogens is 505 g/mol. The molecule has 200 valence electrons. The van der Waals surface area contributed by atoms with Crippen LogP contribution in [0.4, 0.5) is 33.5 Å². The molecule has 15 heteroatoms. The number of hydrogen-bond donors (Lipinski definition) is 3. The summed E-state index contributed by atoms with van der Waals surface area (Å²) in [6.07, 6.45) is -3.87. The quantitative estimate of drug-likeness (QED) is 0.441. The summed E-state index contributed by atoms with van der Waals surface area (Å²) in [5.41, 5.74) is 11.5. The van der Waals surface area contributed by atoms with Crippen LogP contribution in [0.3, 0.4) is 0 Å². The van der Waals surface area contributed by atoms with Gasteiger partial charge in [-0.3, -0.25) is 9.59 Å². The summed E-state index contributed by atoms with van der Waals surface area (Å²) < 4.78 is 69.4. The van der Waals surface area contributed by atoms with Gasteiger partial charge >= 0.3 is 12.2 Å². The van der Waals surface area contributed by atoms with E-state index < -0.39 is 43.0 Å². The number of nitrogens with two attached hydrogens (primary N) is 2. The van der Waals surface area contributed by atoms with E-state index in [4.69, 9.17) is 16.2 Å². The second-order valence-corrected chi connectivity index (χ2v) is 8.96. The van der Waals surface area contributed by atoms with E-state index >= 15 is 0 Å².